The molecule has 1 aromatic heterocycles. The van der Waals surface area contributed by atoms with Crippen LogP contribution in [0.3, 0.4) is 0 Å². The van der Waals surface area contributed by atoms with Crippen molar-refractivity contribution in [3.63, 3.8) is 0 Å². The Balaban J connectivity index is 2.25. The molecule has 0 unspecified atom stereocenters. The van der Waals surface area contributed by atoms with E-state index in [0.29, 0.717) is 17.1 Å². The summed E-state index contributed by atoms with van der Waals surface area (Å²) in [5.74, 6) is 0.312. The number of hydrogen-bond donors (Lipinski definition) is 2. The molecule has 4 nitrogen and oxygen atoms in total. The number of aryl methyl sites for hydroxylation is 2. The van der Waals surface area contributed by atoms with E-state index in [1.807, 2.05) is 26.0 Å². The van der Waals surface area contributed by atoms with Crippen LogP contribution in [0.1, 0.15) is 21.5 Å². The average molecular weight is 320 g/mol. The van der Waals surface area contributed by atoms with Gasteiger partial charge in [-0.2, -0.15) is 0 Å². The normalized spacial score (nSPS) is 10.3. The zero-order chi connectivity index (χ0) is 14.0. The van der Waals surface area contributed by atoms with E-state index >= 15 is 0 Å². The maximum atomic E-state index is 12.2. The minimum atomic E-state index is -0.209. The Morgan fingerprint density at radius 3 is 2.68 bits per heavy atom. The van der Waals surface area contributed by atoms with Crippen molar-refractivity contribution < 1.29 is 4.79 Å². The second-order valence-corrected chi connectivity index (χ2v) is 5.20. The first-order valence-corrected chi connectivity index (χ1v) is 6.56. The maximum Gasteiger partial charge on any atom is 0.257 e. The third-order valence-electron chi connectivity index (χ3n) is 2.79. The predicted octanol–water partition coefficient (Wildman–Crippen LogP) is 3.30. The van der Waals surface area contributed by atoms with Gasteiger partial charge in [0.05, 0.1) is 0 Å². The van der Waals surface area contributed by atoms with Gasteiger partial charge in [-0.3, -0.25) is 4.79 Å². The van der Waals surface area contributed by atoms with E-state index in [1.165, 1.54) is 0 Å². The summed E-state index contributed by atoms with van der Waals surface area (Å²) in [6, 6.07) is 7.07. The number of carbonyl (C=O) groups excluding carboxylic acids is 1. The molecule has 1 amide bonds. The molecule has 98 valence electrons. The standard InChI is InChI=1S/C14H14BrN3O/c1-8-3-4-10(16)6-11(8)14(19)18-13-5-9(2)12(15)7-17-13/h3-7H,16H2,1-2H3,(H,17,18,19). The molecule has 0 bridgehead atoms. The molecule has 0 radical (unpaired) electrons. The van der Waals surface area contributed by atoms with Crippen LogP contribution in [-0.2, 0) is 0 Å². The molecule has 19 heavy (non-hydrogen) atoms. The van der Waals surface area contributed by atoms with Crippen LogP contribution in [0.2, 0.25) is 0 Å². The van der Waals surface area contributed by atoms with Gasteiger partial charge in [-0.15, -0.1) is 0 Å². The van der Waals surface area contributed by atoms with Crippen molar-refractivity contribution >= 4 is 33.3 Å². The van der Waals surface area contributed by atoms with Crippen LogP contribution in [-0.4, -0.2) is 10.9 Å². The summed E-state index contributed by atoms with van der Waals surface area (Å²) < 4.78 is 0.908. The van der Waals surface area contributed by atoms with E-state index in [-0.39, 0.29) is 5.91 Å². The first-order chi connectivity index (χ1) is 8.97. The van der Waals surface area contributed by atoms with E-state index in [4.69, 9.17) is 5.73 Å². The van der Waals surface area contributed by atoms with Crippen molar-refractivity contribution in [2.45, 2.75) is 13.8 Å². The van der Waals surface area contributed by atoms with Crippen molar-refractivity contribution in [1.29, 1.82) is 0 Å². The van der Waals surface area contributed by atoms with Gasteiger partial charge in [-0.25, -0.2) is 4.98 Å². The molecule has 0 saturated carbocycles. The Morgan fingerprint density at radius 2 is 2.00 bits per heavy atom. The average Bonchev–Trinajstić information content (AvgIpc) is 2.36. The third-order valence-corrected chi connectivity index (χ3v) is 3.62. The lowest BCUT2D eigenvalue weighted by molar-refractivity contribution is 0.102. The third kappa shape index (κ3) is 3.12. The number of anilines is 2. The summed E-state index contributed by atoms with van der Waals surface area (Å²) in [6.45, 7) is 3.81. The summed E-state index contributed by atoms with van der Waals surface area (Å²) in [7, 11) is 0. The number of rotatable bonds is 2. The highest BCUT2D eigenvalue weighted by atomic mass is 79.9. The molecule has 2 aromatic rings. The second-order valence-electron chi connectivity index (χ2n) is 4.35. The van der Waals surface area contributed by atoms with E-state index < -0.39 is 0 Å². The van der Waals surface area contributed by atoms with E-state index in [2.05, 4.69) is 26.2 Å². The molecule has 0 spiro atoms. The summed E-state index contributed by atoms with van der Waals surface area (Å²) in [4.78, 5) is 16.3. The fourth-order valence-electron chi connectivity index (χ4n) is 1.68. The number of nitrogens with two attached hydrogens (primary N) is 1. The van der Waals surface area contributed by atoms with Crippen molar-refractivity contribution in [2.24, 2.45) is 0 Å². The number of hydrogen-bond acceptors (Lipinski definition) is 3. The molecule has 1 aromatic carbocycles. The summed E-state index contributed by atoms with van der Waals surface area (Å²) in [5, 5.41) is 2.77. The lowest BCUT2D eigenvalue weighted by Gasteiger charge is -2.09. The van der Waals surface area contributed by atoms with Crippen LogP contribution in [0.15, 0.2) is 34.9 Å². The van der Waals surface area contributed by atoms with Gasteiger partial charge in [-0.1, -0.05) is 6.07 Å². The van der Waals surface area contributed by atoms with E-state index in [9.17, 15) is 4.79 Å². The number of aromatic nitrogens is 1. The molecule has 5 heteroatoms. The Labute approximate surface area is 120 Å². The monoisotopic (exact) mass is 319 g/mol. The number of amides is 1. The van der Waals surface area contributed by atoms with Gasteiger partial charge in [0.2, 0.25) is 0 Å². The molecule has 0 aliphatic carbocycles. The molecule has 0 aliphatic heterocycles. The second kappa shape index (κ2) is 5.40. The molecule has 0 atom stereocenters. The van der Waals surface area contributed by atoms with Crippen LogP contribution in [0.25, 0.3) is 0 Å². The molecule has 2 rings (SSSR count). The molecule has 0 saturated heterocycles. The topological polar surface area (TPSA) is 68.0 Å². The number of carbonyl (C=O) groups is 1. The van der Waals surface area contributed by atoms with E-state index in [1.54, 1.807) is 18.3 Å². The van der Waals surface area contributed by atoms with E-state index in [0.717, 1.165) is 15.6 Å². The molecule has 3 N–H and O–H groups in total. The fraction of sp³-hybridized carbons (Fsp3) is 0.143. The highest BCUT2D eigenvalue weighted by Gasteiger charge is 2.10. The molecule has 1 heterocycles. The molecular weight excluding hydrogens is 306 g/mol. The largest absolute Gasteiger partial charge is 0.399 e. The summed E-state index contributed by atoms with van der Waals surface area (Å²) >= 11 is 3.37. The lowest BCUT2D eigenvalue weighted by Crippen LogP contribution is -2.14. The maximum absolute atomic E-state index is 12.2. The van der Waals surface area contributed by atoms with Crippen LogP contribution < -0.4 is 11.1 Å². The van der Waals surface area contributed by atoms with Gasteiger partial charge in [0, 0.05) is 21.9 Å². The number of nitrogens with one attached hydrogen (secondary N) is 1. The number of nitrogens with zero attached hydrogens (tertiary/aromatic N) is 1. The van der Waals surface area contributed by atoms with Gasteiger partial charge >= 0.3 is 0 Å². The van der Waals surface area contributed by atoms with Crippen LogP contribution >= 0.6 is 15.9 Å². The zero-order valence-electron chi connectivity index (χ0n) is 10.7. The number of benzene rings is 1. The Morgan fingerprint density at radius 1 is 1.26 bits per heavy atom. The summed E-state index contributed by atoms with van der Waals surface area (Å²) in [6.07, 6.45) is 1.66. The Bertz CT molecular complexity index is 641. The van der Waals surface area contributed by atoms with Gasteiger partial charge < -0.3 is 11.1 Å². The highest BCUT2D eigenvalue weighted by molar-refractivity contribution is 9.10. The number of nitrogen functional groups attached to an aromatic ring is 1. The Kier molecular flexibility index (Phi) is 3.85. The first-order valence-electron chi connectivity index (χ1n) is 5.77. The molecular formula is C14H14BrN3O. The fourth-order valence-corrected chi connectivity index (χ4v) is 1.89. The van der Waals surface area contributed by atoms with Crippen LogP contribution in [0.5, 0.6) is 0 Å². The SMILES string of the molecule is Cc1cc(NC(=O)c2cc(N)ccc2C)ncc1Br. The number of halogens is 1. The van der Waals surface area contributed by atoms with Gasteiger partial charge in [0.15, 0.2) is 0 Å². The van der Waals surface area contributed by atoms with Gasteiger partial charge in [-0.05, 0) is 59.1 Å². The minimum Gasteiger partial charge on any atom is -0.399 e. The van der Waals surface area contributed by atoms with Crippen molar-refractivity contribution in [3.8, 4) is 0 Å². The number of pyridine rings is 1. The van der Waals surface area contributed by atoms with Gasteiger partial charge in [0.1, 0.15) is 5.82 Å². The van der Waals surface area contributed by atoms with Crippen molar-refractivity contribution in [2.75, 3.05) is 11.1 Å². The first kappa shape index (κ1) is 13.5. The van der Waals surface area contributed by atoms with Crippen molar-refractivity contribution in [1.82, 2.24) is 4.98 Å². The predicted molar refractivity (Wildman–Crippen MR) is 80.2 cm³/mol. The quantitative estimate of drug-likeness (QED) is 0.834. The van der Waals surface area contributed by atoms with Crippen molar-refractivity contribution in [3.05, 3.63) is 51.6 Å². The zero-order valence-corrected chi connectivity index (χ0v) is 12.3. The highest BCUT2D eigenvalue weighted by Crippen LogP contribution is 2.19. The molecule has 0 aliphatic rings. The van der Waals surface area contributed by atoms with Gasteiger partial charge in [0.25, 0.3) is 5.91 Å². The lowest BCUT2D eigenvalue weighted by atomic mass is 10.1. The van der Waals surface area contributed by atoms with Crippen LogP contribution in [0.4, 0.5) is 11.5 Å². The molecule has 0 fully saturated rings. The Hall–Kier alpha value is -1.88. The van der Waals surface area contributed by atoms with Crippen LogP contribution in [0, 0.1) is 13.8 Å². The minimum absolute atomic E-state index is 0.209. The summed E-state index contributed by atoms with van der Waals surface area (Å²) in [5.41, 5.74) is 8.71. The smallest absolute Gasteiger partial charge is 0.257 e.